The summed E-state index contributed by atoms with van der Waals surface area (Å²) >= 11 is 6.80. The number of rotatable bonds is 8. The van der Waals surface area contributed by atoms with Gasteiger partial charge in [0.1, 0.15) is 22.5 Å². The van der Waals surface area contributed by atoms with Crippen molar-refractivity contribution in [1.82, 2.24) is 29.7 Å². The summed E-state index contributed by atoms with van der Waals surface area (Å²) in [6.07, 6.45) is 8.15. The Kier molecular flexibility index (Phi) is 16.6. The van der Waals surface area contributed by atoms with E-state index in [2.05, 4.69) is 127 Å². The van der Waals surface area contributed by atoms with Crippen LogP contribution >= 0.6 is 11.6 Å². The Bertz CT molecular complexity index is 2380. The number of carbonyl (C=O) groups is 4. The number of imidazole rings is 2. The molecule has 8 rings (SSSR count). The fourth-order valence-corrected chi connectivity index (χ4v) is 8.88. The topological polar surface area (TPSA) is 203 Å². The number of ether oxygens (including phenoxy) is 2. The molecule has 2 aliphatic heterocycles. The van der Waals surface area contributed by atoms with Crippen LogP contribution < -0.4 is 11.5 Å². The lowest BCUT2D eigenvalue weighted by atomic mass is 9.91. The van der Waals surface area contributed by atoms with E-state index >= 15 is 0 Å². The SMILES string of the molecule is CC(C)CC(=O)N1C(C)CCC1c1nc2c(ccc3cc(-c4ccc(-c5nc(C6CCC(C)N6C=O)[nH]c5Cl)c5c4CCC5)ccc32)[nH]1.CCC(C)C.COC(N)=O.COC(N)=O. The van der Waals surface area contributed by atoms with Crippen LogP contribution in [0.1, 0.15) is 128 Å². The Labute approximate surface area is 375 Å². The maximum absolute atomic E-state index is 13.2. The van der Waals surface area contributed by atoms with Crippen LogP contribution in [-0.4, -0.2) is 80.5 Å². The number of methoxy groups -OCH3 is 2. The van der Waals surface area contributed by atoms with Gasteiger partial charge in [-0.1, -0.05) is 83.0 Å². The zero-order chi connectivity index (χ0) is 46.1. The molecule has 3 aromatic carbocycles. The van der Waals surface area contributed by atoms with E-state index in [9.17, 15) is 19.2 Å². The number of aromatic amines is 2. The fraction of sp³-hybridized carbons (Fsp3) is 0.500. The fourth-order valence-electron chi connectivity index (χ4n) is 8.64. The lowest BCUT2D eigenvalue weighted by Gasteiger charge is -2.28. The maximum atomic E-state index is 13.2. The van der Waals surface area contributed by atoms with Gasteiger partial charge in [0.15, 0.2) is 0 Å². The Morgan fingerprint density at radius 3 is 2.02 bits per heavy atom. The molecule has 6 N–H and O–H groups in total. The van der Waals surface area contributed by atoms with Crippen LogP contribution in [0, 0.1) is 11.8 Å². The van der Waals surface area contributed by atoms with E-state index in [1.54, 1.807) is 0 Å². The molecule has 4 amide bonds. The van der Waals surface area contributed by atoms with E-state index in [-0.39, 0.29) is 30.1 Å². The van der Waals surface area contributed by atoms with Crippen molar-refractivity contribution in [3.63, 3.8) is 0 Å². The van der Waals surface area contributed by atoms with Gasteiger partial charge in [0.2, 0.25) is 12.3 Å². The molecule has 63 heavy (non-hydrogen) atoms. The monoisotopic (exact) mass is 884 g/mol. The first-order chi connectivity index (χ1) is 30.0. The van der Waals surface area contributed by atoms with Crippen LogP contribution in [0.4, 0.5) is 9.59 Å². The van der Waals surface area contributed by atoms with Gasteiger partial charge in [-0.05, 0) is 110 Å². The van der Waals surface area contributed by atoms with Gasteiger partial charge in [-0.15, -0.1) is 0 Å². The lowest BCUT2D eigenvalue weighted by Crippen LogP contribution is -2.36. The first kappa shape index (κ1) is 48.4. The van der Waals surface area contributed by atoms with E-state index in [1.807, 2.05) is 4.90 Å². The molecule has 4 atom stereocenters. The minimum absolute atomic E-state index is 0.0149. The maximum Gasteiger partial charge on any atom is 0.404 e. The summed E-state index contributed by atoms with van der Waals surface area (Å²) in [5.74, 6) is 3.08. The summed E-state index contributed by atoms with van der Waals surface area (Å²) < 4.78 is 7.78. The second-order valence-electron chi connectivity index (χ2n) is 17.5. The van der Waals surface area contributed by atoms with E-state index in [4.69, 9.17) is 21.6 Å². The molecule has 0 radical (unpaired) electrons. The van der Waals surface area contributed by atoms with Gasteiger partial charge in [-0.2, -0.15) is 0 Å². The summed E-state index contributed by atoms with van der Waals surface area (Å²) in [5, 5.41) is 2.79. The number of benzene rings is 3. The molecule has 340 valence electrons. The van der Waals surface area contributed by atoms with Gasteiger partial charge in [-0.3, -0.25) is 9.59 Å². The third-order valence-corrected chi connectivity index (χ3v) is 12.5. The highest BCUT2D eigenvalue weighted by Crippen LogP contribution is 2.43. The molecular weight excluding hydrogens is 820 g/mol. The number of carbonyl (C=O) groups excluding carboxylic acids is 4. The Balaban J connectivity index is 0.000000433. The molecule has 2 aromatic heterocycles. The van der Waals surface area contributed by atoms with Gasteiger partial charge < -0.3 is 40.7 Å². The number of halogens is 1. The van der Waals surface area contributed by atoms with Crippen molar-refractivity contribution < 1.29 is 28.7 Å². The number of nitrogens with two attached hydrogens (primary N) is 2. The molecule has 3 aliphatic rings. The van der Waals surface area contributed by atoms with Crippen molar-refractivity contribution in [2.24, 2.45) is 23.3 Å². The lowest BCUT2D eigenvalue weighted by molar-refractivity contribution is -0.134. The number of nitrogens with zero attached hydrogens (tertiary/aromatic N) is 4. The van der Waals surface area contributed by atoms with Crippen LogP contribution in [-0.2, 0) is 31.9 Å². The highest BCUT2D eigenvalue weighted by Gasteiger charge is 2.37. The largest absolute Gasteiger partial charge is 0.453 e. The summed E-state index contributed by atoms with van der Waals surface area (Å²) in [7, 11) is 2.45. The molecule has 1 aliphatic carbocycles. The molecule has 0 saturated carbocycles. The molecule has 4 heterocycles. The highest BCUT2D eigenvalue weighted by atomic mass is 35.5. The average Bonchev–Trinajstić information content (AvgIpc) is 4.11. The normalized spacial score (nSPS) is 18.9. The van der Waals surface area contributed by atoms with Gasteiger partial charge >= 0.3 is 12.2 Å². The second kappa shape index (κ2) is 21.6. The number of primary amides is 2. The van der Waals surface area contributed by atoms with E-state index < -0.39 is 12.2 Å². The van der Waals surface area contributed by atoms with Crippen molar-refractivity contribution in [2.75, 3.05) is 14.2 Å². The first-order valence-corrected chi connectivity index (χ1v) is 22.4. The number of hydrogen-bond acceptors (Lipinski definition) is 8. The summed E-state index contributed by atoms with van der Waals surface area (Å²) in [6.45, 7) is 15.1. The van der Waals surface area contributed by atoms with Crippen LogP contribution in [0.2, 0.25) is 5.15 Å². The minimum atomic E-state index is -0.745. The molecule has 5 aromatic rings. The summed E-state index contributed by atoms with van der Waals surface area (Å²) in [4.78, 5) is 64.6. The number of H-pyrrole nitrogens is 2. The zero-order valence-corrected chi connectivity index (χ0v) is 39.0. The molecule has 0 spiro atoms. The quantitative estimate of drug-likeness (QED) is 0.110. The minimum Gasteiger partial charge on any atom is -0.453 e. The van der Waals surface area contributed by atoms with Gasteiger partial charge in [0.25, 0.3) is 0 Å². The highest BCUT2D eigenvalue weighted by molar-refractivity contribution is 6.32. The van der Waals surface area contributed by atoms with Crippen LogP contribution in [0.15, 0.2) is 42.5 Å². The number of hydrogen-bond donors (Lipinski definition) is 4. The number of likely N-dealkylation sites (tertiary alicyclic amines) is 2. The third-order valence-electron chi connectivity index (χ3n) is 12.3. The standard InChI is InChI=1S/C39H43ClN6O2.C5H12.2C2H5NO2/c1-21(2)18-34(48)46-23(4)9-17-33(46)39-41-31-15-11-25-19-24(10-12-27(25)35(31)42-39)26-13-14-30(29-7-5-6-28(26)29)36-37(40)44-38(43-36)32-16-8-22(3)45(32)20-47;1-4-5(2)3;2*1-5-2(3)4/h10-15,19-23,32-33H,5-9,16-18H2,1-4H3,(H,41,42)(H,43,44);5H,4H2,1-3H3;2*1H3,(H2,3,4). The average molecular weight is 886 g/mol. The van der Waals surface area contributed by atoms with E-state index in [1.165, 1.54) is 42.9 Å². The predicted octanol–water partition coefficient (Wildman–Crippen LogP) is 10.2. The zero-order valence-electron chi connectivity index (χ0n) is 38.2. The van der Waals surface area contributed by atoms with Crippen LogP contribution in [0.3, 0.4) is 0 Å². The molecule has 14 nitrogen and oxygen atoms in total. The molecule has 2 fully saturated rings. The van der Waals surface area contributed by atoms with Crippen molar-refractivity contribution in [2.45, 2.75) is 130 Å². The Morgan fingerprint density at radius 1 is 0.825 bits per heavy atom. The molecule has 15 heteroatoms. The Hall–Kier alpha value is -5.63. The van der Waals surface area contributed by atoms with Gasteiger partial charge in [0, 0.05) is 29.5 Å². The second-order valence-corrected chi connectivity index (χ2v) is 17.8. The smallest absolute Gasteiger partial charge is 0.404 e. The van der Waals surface area contributed by atoms with E-state index in [0.717, 1.165) is 102 Å². The Morgan fingerprint density at radius 2 is 1.41 bits per heavy atom. The number of amides is 4. The van der Waals surface area contributed by atoms with Crippen LogP contribution in [0.5, 0.6) is 0 Å². The third kappa shape index (κ3) is 11.3. The van der Waals surface area contributed by atoms with Crippen molar-refractivity contribution >= 4 is 57.9 Å². The molecule has 2 saturated heterocycles. The summed E-state index contributed by atoms with van der Waals surface area (Å²) in [5.41, 5.74) is 17.8. The summed E-state index contributed by atoms with van der Waals surface area (Å²) in [6, 6.07) is 15.7. The predicted molar refractivity (Wildman–Crippen MR) is 249 cm³/mol. The number of nitrogens with one attached hydrogen (secondary N) is 2. The van der Waals surface area contributed by atoms with E-state index in [0.29, 0.717) is 17.5 Å². The molecule has 0 bridgehead atoms. The van der Waals surface area contributed by atoms with Gasteiger partial charge in [0.05, 0.1) is 37.3 Å². The van der Waals surface area contributed by atoms with Gasteiger partial charge in [-0.25, -0.2) is 19.6 Å². The first-order valence-electron chi connectivity index (χ1n) is 22.1. The number of fused-ring (bicyclic) bond motifs is 4. The molecule has 4 unspecified atom stereocenters. The van der Waals surface area contributed by atoms with Crippen LogP contribution in [0.25, 0.3) is 44.2 Å². The van der Waals surface area contributed by atoms with Crippen molar-refractivity contribution in [3.05, 3.63) is 70.4 Å². The number of aromatic nitrogens is 4. The van der Waals surface area contributed by atoms with Crippen molar-refractivity contribution in [1.29, 1.82) is 0 Å². The van der Waals surface area contributed by atoms with Crippen molar-refractivity contribution in [3.8, 4) is 22.4 Å². The molecular formula is C48H65ClN8O6.